The average Bonchev–Trinajstić information content (AvgIpc) is 2.75. The second-order valence-corrected chi connectivity index (χ2v) is 6.91. The highest BCUT2D eigenvalue weighted by Crippen LogP contribution is 2.29. The molecule has 2 nitrogen and oxygen atoms in total. The van der Waals surface area contributed by atoms with Gasteiger partial charge in [0.1, 0.15) is 0 Å². The van der Waals surface area contributed by atoms with E-state index in [1.54, 1.807) is 0 Å². The minimum atomic E-state index is 0.783. The summed E-state index contributed by atoms with van der Waals surface area (Å²) in [5, 5.41) is 2.15. The SMILES string of the molecule is NCCCc1cnc(CC2CCCCS2)s1. The molecule has 0 aliphatic carbocycles. The molecule has 2 rings (SSSR count). The minimum Gasteiger partial charge on any atom is -0.330 e. The molecule has 1 aromatic heterocycles. The largest absolute Gasteiger partial charge is 0.330 e. The fourth-order valence-electron chi connectivity index (χ4n) is 2.00. The molecular formula is C12H20N2S2. The van der Waals surface area contributed by atoms with Crippen LogP contribution in [0.1, 0.15) is 35.6 Å². The molecular weight excluding hydrogens is 236 g/mol. The number of hydrogen-bond donors (Lipinski definition) is 1. The predicted octanol–water partition coefficient (Wildman–Crippen LogP) is 2.86. The molecule has 1 aliphatic rings. The first-order valence-electron chi connectivity index (χ1n) is 6.13. The molecule has 1 saturated heterocycles. The van der Waals surface area contributed by atoms with Crippen LogP contribution >= 0.6 is 23.1 Å². The topological polar surface area (TPSA) is 38.9 Å². The summed E-state index contributed by atoms with van der Waals surface area (Å²) in [6, 6.07) is 0. The maximum Gasteiger partial charge on any atom is 0.0938 e. The Morgan fingerprint density at radius 3 is 3.12 bits per heavy atom. The van der Waals surface area contributed by atoms with E-state index in [1.807, 2.05) is 17.5 Å². The molecule has 0 spiro atoms. The van der Waals surface area contributed by atoms with E-state index >= 15 is 0 Å². The molecule has 0 saturated carbocycles. The van der Waals surface area contributed by atoms with Gasteiger partial charge in [-0.1, -0.05) is 6.42 Å². The Bertz CT molecular complexity index is 306. The molecule has 4 heteroatoms. The van der Waals surface area contributed by atoms with Crippen LogP contribution in [0.2, 0.25) is 0 Å². The van der Waals surface area contributed by atoms with E-state index in [1.165, 1.54) is 41.3 Å². The van der Waals surface area contributed by atoms with E-state index < -0.39 is 0 Å². The zero-order valence-corrected chi connectivity index (χ0v) is 11.3. The van der Waals surface area contributed by atoms with Crippen molar-refractivity contribution in [3.05, 3.63) is 16.1 Å². The second-order valence-electron chi connectivity index (χ2n) is 4.31. The summed E-state index contributed by atoms with van der Waals surface area (Å²) in [5.74, 6) is 1.34. The Hall–Kier alpha value is -0.0600. The fourth-order valence-corrected chi connectivity index (χ4v) is 4.46. The maximum absolute atomic E-state index is 5.51. The number of nitrogens with two attached hydrogens (primary N) is 1. The highest BCUT2D eigenvalue weighted by atomic mass is 32.2. The number of thiazole rings is 1. The van der Waals surface area contributed by atoms with Crippen molar-refractivity contribution < 1.29 is 0 Å². The van der Waals surface area contributed by atoms with E-state index in [0.29, 0.717) is 0 Å². The van der Waals surface area contributed by atoms with Crippen LogP contribution in [0, 0.1) is 0 Å². The van der Waals surface area contributed by atoms with Crippen LogP contribution in [-0.4, -0.2) is 22.5 Å². The molecule has 0 radical (unpaired) electrons. The fraction of sp³-hybridized carbons (Fsp3) is 0.750. The van der Waals surface area contributed by atoms with Gasteiger partial charge in [0.05, 0.1) is 5.01 Å². The van der Waals surface area contributed by atoms with E-state index in [-0.39, 0.29) is 0 Å². The number of hydrogen-bond acceptors (Lipinski definition) is 4. The van der Waals surface area contributed by atoms with Gasteiger partial charge in [-0.15, -0.1) is 11.3 Å². The molecule has 1 aliphatic heterocycles. The van der Waals surface area contributed by atoms with Gasteiger partial charge in [-0.3, -0.25) is 0 Å². The van der Waals surface area contributed by atoms with Gasteiger partial charge < -0.3 is 5.73 Å². The lowest BCUT2D eigenvalue weighted by atomic mass is 10.1. The summed E-state index contributed by atoms with van der Waals surface area (Å²) >= 11 is 4.02. The summed E-state index contributed by atoms with van der Waals surface area (Å²) < 4.78 is 0. The molecule has 2 N–H and O–H groups in total. The lowest BCUT2D eigenvalue weighted by molar-refractivity contribution is 0.659. The van der Waals surface area contributed by atoms with Crippen LogP contribution in [-0.2, 0) is 12.8 Å². The third-order valence-electron chi connectivity index (χ3n) is 2.91. The molecule has 1 unspecified atom stereocenters. The normalized spacial score (nSPS) is 21.2. The van der Waals surface area contributed by atoms with Crippen LogP contribution in [0.25, 0.3) is 0 Å². The Morgan fingerprint density at radius 1 is 1.44 bits per heavy atom. The highest BCUT2D eigenvalue weighted by molar-refractivity contribution is 7.99. The van der Waals surface area contributed by atoms with Gasteiger partial charge >= 0.3 is 0 Å². The van der Waals surface area contributed by atoms with Crippen molar-refractivity contribution in [2.24, 2.45) is 5.73 Å². The number of aromatic nitrogens is 1. The van der Waals surface area contributed by atoms with Crippen molar-refractivity contribution in [1.29, 1.82) is 0 Å². The Kier molecular flexibility index (Phi) is 5.13. The molecule has 16 heavy (non-hydrogen) atoms. The lowest BCUT2D eigenvalue weighted by Crippen LogP contribution is -2.12. The maximum atomic E-state index is 5.51. The molecule has 2 heterocycles. The van der Waals surface area contributed by atoms with Crippen molar-refractivity contribution >= 4 is 23.1 Å². The van der Waals surface area contributed by atoms with Crippen molar-refractivity contribution in [1.82, 2.24) is 4.98 Å². The average molecular weight is 256 g/mol. The molecule has 0 bridgehead atoms. The summed E-state index contributed by atoms with van der Waals surface area (Å²) in [6.07, 6.45) is 9.60. The van der Waals surface area contributed by atoms with E-state index in [0.717, 1.165) is 24.6 Å². The molecule has 0 amide bonds. The molecule has 1 aromatic rings. The van der Waals surface area contributed by atoms with Crippen LogP contribution < -0.4 is 5.73 Å². The number of rotatable bonds is 5. The van der Waals surface area contributed by atoms with Gasteiger partial charge in [-0.25, -0.2) is 4.98 Å². The van der Waals surface area contributed by atoms with Gasteiger partial charge in [0.25, 0.3) is 0 Å². The van der Waals surface area contributed by atoms with Gasteiger partial charge in [0.2, 0.25) is 0 Å². The zero-order valence-electron chi connectivity index (χ0n) is 9.65. The van der Waals surface area contributed by atoms with Crippen molar-refractivity contribution in [2.75, 3.05) is 12.3 Å². The summed E-state index contributed by atoms with van der Waals surface area (Å²) in [7, 11) is 0. The molecule has 0 aromatic carbocycles. The lowest BCUT2D eigenvalue weighted by Gasteiger charge is -2.19. The summed E-state index contributed by atoms with van der Waals surface area (Å²) in [4.78, 5) is 5.93. The Labute approximate surface area is 106 Å². The Morgan fingerprint density at radius 2 is 2.38 bits per heavy atom. The molecule has 1 fully saturated rings. The predicted molar refractivity (Wildman–Crippen MR) is 73.3 cm³/mol. The van der Waals surface area contributed by atoms with Crippen LogP contribution in [0.5, 0.6) is 0 Å². The first-order chi connectivity index (χ1) is 7.88. The van der Waals surface area contributed by atoms with Crippen LogP contribution in [0.15, 0.2) is 6.20 Å². The monoisotopic (exact) mass is 256 g/mol. The first-order valence-corrected chi connectivity index (χ1v) is 8.00. The zero-order chi connectivity index (χ0) is 11.2. The number of nitrogens with zero attached hydrogens (tertiary/aromatic N) is 1. The van der Waals surface area contributed by atoms with Gasteiger partial charge in [0, 0.05) is 22.7 Å². The second kappa shape index (κ2) is 6.62. The third kappa shape index (κ3) is 3.75. The molecule has 90 valence electrons. The Balaban J connectivity index is 1.81. The quantitative estimate of drug-likeness (QED) is 0.880. The third-order valence-corrected chi connectivity index (χ3v) is 5.38. The van der Waals surface area contributed by atoms with Crippen molar-refractivity contribution in [2.45, 2.75) is 43.8 Å². The molecule has 1 atom stereocenters. The summed E-state index contributed by atoms with van der Waals surface area (Å²) in [5.41, 5.74) is 5.51. The highest BCUT2D eigenvalue weighted by Gasteiger charge is 2.16. The van der Waals surface area contributed by atoms with Crippen LogP contribution in [0.4, 0.5) is 0 Å². The van der Waals surface area contributed by atoms with Gasteiger partial charge in [-0.2, -0.15) is 11.8 Å². The minimum absolute atomic E-state index is 0.783. The van der Waals surface area contributed by atoms with E-state index in [4.69, 9.17) is 5.73 Å². The van der Waals surface area contributed by atoms with Crippen molar-refractivity contribution in [3.63, 3.8) is 0 Å². The number of aryl methyl sites for hydroxylation is 1. The van der Waals surface area contributed by atoms with E-state index in [2.05, 4.69) is 16.7 Å². The van der Waals surface area contributed by atoms with Crippen LogP contribution in [0.3, 0.4) is 0 Å². The van der Waals surface area contributed by atoms with E-state index in [9.17, 15) is 0 Å². The van der Waals surface area contributed by atoms with Crippen molar-refractivity contribution in [3.8, 4) is 0 Å². The van der Waals surface area contributed by atoms with Gasteiger partial charge in [0.15, 0.2) is 0 Å². The number of thioether (sulfide) groups is 1. The standard InChI is InChI=1S/C12H20N2S2/c13-6-3-5-11-9-14-12(16-11)8-10-4-1-2-7-15-10/h9-10H,1-8,13H2. The van der Waals surface area contributed by atoms with Gasteiger partial charge in [-0.05, 0) is 38.0 Å². The smallest absolute Gasteiger partial charge is 0.0938 e. The summed E-state index contributed by atoms with van der Waals surface area (Å²) in [6.45, 7) is 0.783. The first kappa shape index (κ1) is 12.4.